The second-order valence-electron chi connectivity index (χ2n) is 7.23. The van der Waals surface area contributed by atoms with Gasteiger partial charge in [0.1, 0.15) is 10.4 Å². The van der Waals surface area contributed by atoms with E-state index < -0.39 is 0 Å². The van der Waals surface area contributed by atoms with Gasteiger partial charge in [-0.15, -0.1) is 11.3 Å². The Morgan fingerprint density at radius 3 is 2.25 bits per heavy atom. The van der Waals surface area contributed by atoms with Crippen molar-refractivity contribution in [2.75, 3.05) is 24.5 Å². The highest BCUT2D eigenvalue weighted by Crippen LogP contribution is 2.45. The summed E-state index contributed by atoms with van der Waals surface area (Å²) in [6.07, 6.45) is 3.89. The Labute approximate surface area is 201 Å². The summed E-state index contributed by atoms with van der Waals surface area (Å²) in [5, 5.41) is 1.59. The van der Waals surface area contributed by atoms with Crippen LogP contribution < -0.4 is 19.7 Å². The SMILES string of the molecule is CCN1C(=O)/C(=c2/s/c(=C/C=C3\Sc4ccccc4N3CC)c(=O)n2CC)N(CC)C1=S. The van der Waals surface area contributed by atoms with Crippen LogP contribution in [0.2, 0.25) is 0 Å². The smallest absolute Gasteiger partial charge is 0.279 e. The van der Waals surface area contributed by atoms with Crippen molar-refractivity contribution in [1.29, 1.82) is 0 Å². The molecule has 0 spiro atoms. The molecule has 1 amide bonds. The van der Waals surface area contributed by atoms with Crippen LogP contribution in [0.25, 0.3) is 11.8 Å². The fraction of sp³-hybridized carbons (Fsp3) is 0.348. The van der Waals surface area contributed by atoms with Crippen LogP contribution in [0, 0.1) is 0 Å². The molecule has 2 aromatic rings. The number of carbonyl (C=O) groups is 1. The van der Waals surface area contributed by atoms with Gasteiger partial charge in [0, 0.05) is 31.1 Å². The molecule has 3 heterocycles. The summed E-state index contributed by atoms with van der Waals surface area (Å²) in [6, 6.07) is 8.31. The number of amides is 1. The second-order valence-corrected chi connectivity index (χ2v) is 9.69. The molecule has 1 saturated heterocycles. The summed E-state index contributed by atoms with van der Waals surface area (Å²) in [5.41, 5.74) is 1.62. The molecule has 0 unspecified atom stereocenters. The molecule has 2 aliphatic rings. The van der Waals surface area contributed by atoms with Crippen LogP contribution in [0.3, 0.4) is 0 Å². The van der Waals surface area contributed by atoms with Gasteiger partial charge >= 0.3 is 0 Å². The average molecular weight is 487 g/mol. The minimum absolute atomic E-state index is 0.0786. The van der Waals surface area contributed by atoms with Crippen molar-refractivity contribution in [2.45, 2.75) is 39.1 Å². The van der Waals surface area contributed by atoms with Crippen molar-refractivity contribution in [3.63, 3.8) is 0 Å². The molecule has 1 aromatic carbocycles. The molecule has 4 rings (SSSR count). The number of fused-ring (bicyclic) bond motifs is 1. The van der Waals surface area contributed by atoms with E-state index in [-0.39, 0.29) is 11.5 Å². The summed E-state index contributed by atoms with van der Waals surface area (Å²) in [6.45, 7) is 10.3. The monoisotopic (exact) mass is 486 g/mol. The second kappa shape index (κ2) is 9.25. The fourth-order valence-electron chi connectivity index (χ4n) is 4.00. The molecule has 1 aromatic heterocycles. The van der Waals surface area contributed by atoms with Gasteiger partial charge in [-0.1, -0.05) is 23.9 Å². The Kier molecular flexibility index (Phi) is 6.60. The maximum Gasteiger partial charge on any atom is 0.279 e. The minimum Gasteiger partial charge on any atom is -0.335 e. The van der Waals surface area contributed by atoms with Crippen molar-refractivity contribution in [2.24, 2.45) is 0 Å². The first-order chi connectivity index (χ1) is 15.5. The van der Waals surface area contributed by atoms with E-state index in [0.29, 0.717) is 39.6 Å². The summed E-state index contributed by atoms with van der Waals surface area (Å²) in [4.78, 5) is 33.2. The highest BCUT2D eigenvalue weighted by Gasteiger charge is 2.37. The van der Waals surface area contributed by atoms with Crippen LogP contribution in [-0.4, -0.2) is 45.0 Å². The van der Waals surface area contributed by atoms with E-state index in [9.17, 15) is 9.59 Å². The van der Waals surface area contributed by atoms with Gasteiger partial charge in [-0.05, 0) is 64.2 Å². The van der Waals surface area contributed by atoms with Crippen LogP contribution in [0.1, 0.15) is 27.7 Å². The third-order valence-electron chi connectivity index (χ3n) is 5.57. The first kappa shape index (κ1) is 22.8. The van der Waals surface area contributed by atoms with Crippen molar-refractivity contribution >= 4 is 63.8 Å². The number of likely N-dealkylation sites (N-methyl/N-ethyl adjacent to an activating group) is 2. The molecule has 0 atom stereocenters. The van der Waals surface area contributed by atoms with Gasteiger partial charge in [0.05, 0.1) is 15.2 Å². The quantitative estimate of drug-likeness (QED) is 0.606. The molecule has 0 radical (unpaired) electrons. The van der Waals surface area contributed by atoms with E-state index in [2.05, 4.69) is 24.0 Å². The summed E-state index contributed by atoms with van der Waals surface area (Å²) in [5.74, 6) is -0.133. The van der Waals surface area contributed by atoms with Gasteiger partial charge in [-0.3, -0.25) is 19.1 Å². The Morgan fingerprint density at radius 2 is 1.59 bits per heavy atom. The van der Waals surface area contributed by atoms with Crippen LogP contribution in [0.5, 0.6) is 0 Å². The number of rotatable bonds is 5. The molecule has 1 fully saturated rings. The zero-order valence-corrected chi connectivity index (χ0v) is 21.1. The molecule has 0 N–H and O–H groups in total. The fourth-order valence-corrected chi connectivity index (χ4v) is 6.72. The highest BCUT2D eigenvalue weighted by atomic mass is 32.2. The van der Waals surface area contributed by atoms with Crippen LogP contribution in [0.15, 0.2) is 45.1 Å². The van der Waals surface area contributed by atoms with Gasteiger partial charge in [0.15, 0.2) is 5.11 Å². The lowest BCUT2D eigenvalue weighted by molar-refractivity contribution is -0.120. The third kappa shape index (κ3) is 3.62. The zero-order valence-electron chi connectivity index (χ0n) is 18.6. The van der Waals surface area contributed by atoms with Gasteiger partial charge in [-0.25, -0.2) is 0 Å². The Balaban J connectivity index is 1.86. The molecule has 6 nitrogen and oxygen atoms in total. The zero-order chi connectivity index (χ0) is 23.0. The van der Waals surface area contributed by atoms with E-state index in [1.54, 1.807) is 21.2 Å². The number of nitrogens with zero attached hydrogens (tertiary/aromatic N) is 4. The number of anilines is 1. The maximum atomic E-state index is 13.2. The number of thiazole rings is 1. The van der Waals surface area contributed by atoms with E-state index in [1.165, 1.54) is 21.9 Å². The Hall–Kier alpha value is -2.36. The van der Waals surface area contributed by atoms with Crippen LogP contribution in [-0.2, 0) is 11.3 Å². The number of hydrogen-bond acceptors (Lipinski definition) is 6. The first-order valence-electron chi connectivity index (χ1n) is 10.8. The predicted octanol–water partition coefficient (Wildman–Crippen LogP) is 2.76. The van der Waals surface area contributed by atoms with Gasteiger partial charge in [0.2, 0.25) is 0 Å². The normalized spacial score (nSPS) is 19.7. The largest absolute Gasteiger partial charge is 0.335 e. The number of para-hydroxylation sites is 1. The van der Waals surface area contributed by atoms with Gasteiger partial charge < -0.3 is 9.80 Å². The lowest BCUT2D eigenvalue weighted by Gasteiger charge is -2.17. The molecule has 0 aliphatic carbocycles. The highest BCUT2D eigenvalue weighted by molar-refractivity contribution is 8.03. The van der Waals surface area contributed by atoms with E-state index in [4.69, 9.17) is 12.2 Å². The number of aromatic nitrogens is 1. The third-order valence-corrected chi connectivity index (χ3v) is 8.28. The van der Waals surface area contributed by atoms with Crippen LogP contribution >= 0.6 is 35.3 Å². The van der Waals surface area contributed by atoms with E-state index in [0.717, 1.165) is 11.6 Å². The molecule has 32 heavy (non-hydrogen) atoms. The van der Waals surface area contributed by atoms with Crippen molar-refractivity contribution in [3.05, 3.63) is 54.9 Å². The van der Waals surface area contributed by atoms with Gasteiger partial charge in [0.25, 0.3) is 11.5 Å². The lowest BCUT2D eigenvalue weighted by atomic mass is 10.3. The first-order valence-corrected chi connectivity index (χ1v) is 12.8. The summed E-state index contributed by atoms with van der Waals surface area (Å²) >= 11 is 8.58. The topological polar surface area (TPSA) is 48.8 Å². The average Bonchev–Trinajstić information content (AvgIpc) is 3.39. The minimum atomic E-state index is -0.133. The van der Waals surface area contributed by atoms with Crippen molar-refractivity contribution in [3.8, 4) is 0 Å². The van der Waals surface area contributed by atoms with Gasteiger partial charge in [-0.2, -0.15) is 0 Å². The van der Waals surface area contributed by atoms with Crippen molar-refractivity contribution in [1.82, 2.24) is 14.4 Å². The molecule has 2 aliphatic heterocycles. The Morgan fingerprint density at radius 1 is 0.906 bits per heavy atom. The number of carbonyl (C=O) groups excluding carboxylic acids is 1. The Bertz CT molecular complexity index is 1290. The summed E-state index contributed by atoms with van der Waals surface area (Å²) in [7, 11) is 0. The lowest BCUT2D eigenvalue weighted by Crippen LogP contribution is -2.34. The number of thiocarbonyl (C=S) groups is 1. The van der Waals surface area contributed by atoms with Crippen molar-refractivity contribution < 1.29 is 4.79 Å². The standard InChI is InChI=1S/C23H26N4O2S3/c1-5-24-15-11-9-10-12-16(15)31-18(24)14-13-17-20(28)26(7-3)22(32-17)19-21(29)27(8-4)23(30)25(19)6-2/h9-14H,5-8H2,1-4H3/b17-13+,18-14-,22-19-. The maximum absolute atomic E-state index is 13.2. The summed E-state index contributed by atoms with van der Waals surface area (Å²) < 4.78 is 2.96. The van der Waals surface area contributed by atoms with E-state index >= 15 is 0 Å². The van der Waals surface area contributed by atoms with E-state index in [1.807, 2.05) is 50.0 Å². The molecule has 9 heteroatoms. The predicted molar refractivity (Wildman–Crippen MR) is 137 cm³/mol. The molecule has 0 bridgehead atoms. The molecular weight excluding hydrogens is 460 g/mol. The number of hydrogen-bond donors (Lipinski definition) is 0. The number of allylic oxidation sites excluding steroid dienone is 1. The number of benzene rings is 1. The molecular formula is C23H26N4O2S3. The molecule has 168 valence electrons. The molecule has 0 saturated carbocycles. The number of thioether (sulfide) groups is 1. The van der Waals surface area contributed by atoms with Crippen LogP contribution in [0.4, 0.5) is 5.69 Å².